The van der Waals surface area contributed by atoms with Crippen LogP contribution in [-0.2, 0) is 0 Å². The van der Waals surface area contributed by atoms with Crippen molar-refractivity contribution in [2.75, 3.05) is 12.4 Å². The summed E-state index contributed by atoms with van der Waals surface area (Å²) in [5.74, 6) is 0.886. The van der Waals surface area contributed by atoms with E-state index in [9.17, 15) is 4.79 Å². The molecule has 1 aliphatic rings. The third-order valence-electron chi connectivity index (χ3n) is 3.52. The summed E-state index contributed by atoms with van der Waals surface area (Å²) >= 11 is 0. The van der Waals surface area contributed by atoms with Crippen molar-refractivity contribution in [3.8, 4) is 0 Å². The number of benzene rings is 1. The molecule has 0 spiro atoms. The molecule has 1 aliphatic carbocycles. The Labute approximate surface area is 109 Å². The van der Waals surface area contributed by atoms with Crippen LogP contribution in [0.5, 0.6) is 0 Å². The average Bonchev–Trinajstić information content (AvgIpc) is 3.12. The van der Waals surface area contributed by atoms with E-state index in [1.807, 2.05) is 32.2 Å². The Balaban J connectivity index is 1.98. The zero-order valence-electron chi connectivity index (χ0n) is 11.4. The molecule has 3 nitrogen and oxygen atoms in total. The first-order chi connectivity index (χ1) is 8.60. The highest BCUT2D eigenvalue weighted by molar-refractivity contribution is 5.96. The van der Waals surface area contributed by atoms with Crippen LogP contribution in [0.2, 0.25) is 0 Å². The van der Waals surface area contributed by atoms with E-state index in [0.717, 1.165) is 29.2 Å². The summed E-state index contributed by atoms with van der Waals surface area (Å²) in [6.07, 6.45) is 3.77. The predicted octanol–water partition coefficient (Wildman–Crippen LogP) is 2.96. The molecule has 1 fully saturated rings. The van der Waals surface area contributed by atoms with E-state index in [1.165, 1.54) is 12.8 Å². The van der Waals surface area contributed by atoms with Gasteiger partial charge in [-0.3, -0.25) is 4.79 Å². The Kier molecular flexibility index (Phi) is 3.90. The SMILES string of the molecule is CNc1ccc(C(=O)NC(C)CC2CC2)c(C)c1. The van der Waals surface area contributed by atoms with E-state index in [1.54, 1.807) is 0 Å². The van der Waals surface area contributed by atoms with Crippen molar-refractivity contribution in [1.29, 1.82) is 0 Å². The van der Waals surface area contributed by atoms with E-state index in [2.05, 4.69) is 17.6 Å². The zero-order valence-corrected chi connectivity index (χ0v) is 11.4. The molecule has 0 heterocycles. The Morgan fingerprint density at radius 2 is 2.17 bits per heavy atom. The summed E-state index contributed by atoms with van der Waals surface area (Å²) in [5, 5.41) is 6.16. The fourth-order valence-corrected chi connectivity index (χ4v) is 2.29. The summed E-state index contributed by atoms with van der Waals surface area (Å²) in [6, 6.07) is 6.10. The van der Waals surface area contributed by atoms with Gasteiger partial charge in [-0.15, -0.1) is 0 Å². The number of amides is 1. The number of carbonyl (C=O) groups excluding carboxylic acids is 1. The Bertz CT molecular complexity index is 438. The van der Waals surface area contributed by atoms with Crippen LogP contribution >= 0.6 is 0 Å². The lowest BCUT2D eigenvalue weighted by molar-refractivity contribution is 0.0937. The second kappa shape index (κ2) is 5.42. The van der Waals surface area contributed by atoms with Crippen LogP contribution in [0.3, 0.4) is 0 Å². The molecular weight excluding hydrogens is 224 g/mol. The number of aryl methyl sites for hydroxylation is 1. The lowest BCUT2D eigenvalue weighted by atomic mass is 10.1. The minimum atomic E-state index is 0.0447. The van der Waals surface area contributed by atoms with Gasteiger partial charge >= 0.3 is 0 Å². The monoisotopic (exact) mass is 246 g/mol. The molecule has 1 aromatic carbocycles. The number of nitrogens with one attached hydrogen (secondary N) is 2. The Morgan fingerprint density at radius 3 is 2.72 bits per heavy atom. The highest BCUT2D eigenvalue weighted by atomic mass is 16.1. The van der Waals surface area contributed by atoms with Gasteiger partial charge in [0.25, 0.3) is 5.91 Å². The van der Waals surface area contributed by atoms with Gasteiger partial charge in [-0.25, -0.2) is 0 Å². The fraction of sp³-hybridized carbons (Fsp3) is 0.533. The molecule has 1 saturated carbocycles. The maximum Gasteiger partial charge on any atom is 0.251 e. The normalized spacial score (nSPS) is 16.2. The first-order valence-corrected chi connectivity index (χ1v) is 6.69. The first kappa shape index (κ1) is 12.9. The summed E-state index contributed by atoms with van der Waals surface area (Å²) in [7, 11) is 1.88. The molecular formula is C15H22N2O. The molecule has 0 bridgehead atoms. The van der Waals surface area contributed by atoms with Crippen LogP contribution in [0, 0.1) is 12.8 Å². The molecule has 1 amide bonds. The van der Waals surface area contributed by atoms with Crippen LogP contribution in [0.15, 0.2) is 18.2 Å². The Morgan fingerprint density at radius 1 is 1.44 bits per heavy atom. The molecule has 0 saturated heterocycles. The van der Waals surface area contributed by atoms with E-state index < -0.39 is 0 Å². The van der Waals surface area contributed by atoms with Gasteiger partial charge in [0, 0.05) is 24.3 Å². The lowest BCUT2D eigenvalue weighted by Crippen LogP contribution is -2.33. The second-order valence-electron chi connectivity index (χ2n) is 5.33. The van der Waals surface area contributed by atoms with Crippen LogP contribution in [-0.4, -0.2) is 19.0 Å². The summed E-state index contributed by atoms with van der Waals surface area (Å²) in [6.45, 7) is 4.06. The average molecular weight is 246 g/mol. The molecule has 1 unspecified atom stereocenters. The van der Waals surface area contributed by atoms with Crippen LogP contribution < -0.4 is 10.6 Å². The molecule has 0 radical (unpaired) electrons. The topological polar surface area (TPSA) is 41.1 Å². The highest BCUT2D eigenvalue weighted by Gasteiger charge is 2.24. The van der Waals surface area contributed by atoms with Crippen LogP contribution in [0.4, 0.5) is 5.69 Å². The molecule has 1 atom stereocenters. The van der Waals surface area contributed by atoms with Gasteiger partial charge in [-0.2, -0.15) is 0 Å². The van der Waals surface area contributed by atoms with Crippen molar-refractivity contribution in [2.45, 2.75) is 39.2 Å². The third kappa shape index (κ3) is 3.25. The maximum atomic E-state index is 12.1. The quantitative estimate of drug-likeness (QED) is 0.838. The molecule has 1 aromatic rings. The Hall–Kier alpha value is -1.51. The highest BCUT2D eigenvalue weighted by Crippen LogP contribution is 2.33. The number of anilines is 1. The first-order valence-electron chi connectivity index (χ1n) is 6.69. The van der Waals surface area contributed by atoms with E-state index in [-0.39, 0.29) is 11.9 Å². The second-order valence-corrected chi connectivity index (χ2v) is 5.33. The lowest BCUT2D eigenvalue weighted by Gasteiger charge is -2.15. The molecule has 18 heavy (non-hydrogen) atoms. The van der Waals surface area contributed by atoms with Crippen molar-refractivity contribution in [3.05, 3.63) is 29.3 Å². The van der Waals surface area contributed by atoms with E-state index >= 15 is 0 Å². The van der Waals surface area contributed by atoms with Crippen LogP contribution in [0.25, 0.3) is 0 Å². The van der Waals surface area contributed by atoms with Gasteiger partial charge in [0.15, 0.2) is 0 Å². The van der Waals surface area contributed by atoms with Gasteiger partial charge < -0.3 is 10.6 Å². The molecule has 2 N–H and O–H groups in total. The fourth-order valence-electron chi connectivity index (χ4n) is 2.29. The number of rotatable bonds is 5. The van der Waals surface area contributed by atoms with Gasteiger partial charge in [0.05, 0.1) is 0 Å². The van der Waals surface area contributed by atoms with Crippen molar-refractivity contribution in [2.24, 2.45) is 5.92 Å². The minimum absolute atomic E-state index is 0.0447. The van der Waals surface area contributed by atoms with Gasteiger partial charge in [-0.05, 0) is 49.9 Å². The van der Waals surface area contributed by atoms with Crippen molar-refractivity contribution >= 4 is 11.6 Å². The smallest absolute Gasteiger partial charge is 0.251 e. The predicted molar refractivity (Wildman–Crippen MR) is 75.0 cm³/mol. The van der Waals surface area contributed by atoms with E-state index in [0.29, 0.717) is 0 Å². The number of carbonyl (C=O) groups is 1. The van der Waals surface area contributed by atoms with E-state index in [4.69, 9.17) is 0 Å². The molecule has 0 aromatic heterocycles. The van der Waals surface area contributed by atoms with Gasteiger partial charge in [0.1, 0.15) is 0 Å². The molecule has 0 aliphatic heterocycles. The van der Waals surface area contributed by atoms with Crippen molar-refractivity contribution in [3.63, 3.8) is 0 Å². The van der Waals surface area contributed by atoms with Crippen LogP contribution in [0.1, 0.15) is 42.1 Å². The summed E-state index contributed by atoms with van der Waals surface area (Å²) in [4.78, 5) is 12.1. The standard InChI is InChI=1S/C15H22N2O/c1-10-8-13(16-3)6-7-14(10)15(18)17-11(2)9-12-4-5-12/h6-8,11-12,16H,4-5,9H2,1-3H3,(H,17,18). The van der Waals surface area contributed by atoms with Gasteiger partial charge in [-0.1, -0.05) is 12.8 Å². The zero-order chi connectivity index (χ0) is 13.1. The maximum absolute atomic E-state index is 12.1. The van der Waals surface area contributed by atoms with Crippen molar-refractivity contribution in [1.82, 2.24) is 5.32 Å². The number of hydrogen-bond donors (Lipinski definition) is 2. The molecule has 98 valence electrons. The molecule has 3 heteroatoms. The summed E-state index contributed by atoms with van der Waals surface area (Å²) < 4.78 is 0. The molecule has 2 rings (SSSR count). The van der Waals surface area contributed by atoms with Gasteiger partial charge in [0.2, 0.25) is 0 Å². The third-order valence-corrected chi connectivity index (χ3v) is 3.52. The minimum Gasteiger partial charge on any atom is -0.388 e. The largest absolute Gasteiger partial charge is 0.388 e. The summed E-state index contributed by atoms with van der Waals surface area (Å²) in [5.41, 5.74) is 2.82. The number of hydrogen-bond acceptors (Lipinski definition) is 2. The van der Waals surface area contributed by atoms with Crippen molar-refractivity contribution < 1.29 is 4.79 Å².